The van der Waals surface area contributed by atoms with Gasteiger partial charge in [0.05, 0.1) is 0 Å². The van der Waals surface area contributed by atoms with E-state index in [1.807, 2.05) is 364 Å². The van der Waals surface area contributed by atoms with Gasteiger partial charge in [0, 0.05) is 0 Å². The molecule has 0 bridgehead atoms. The average Bonchev–Trinajstić information content (AvgIpc) is 1.49. The molecule has 12 aromatic carbocycles. The summed E-state index contributed by atoms with van der Waals surface area (Å²) in [5, 5.41) is 8.38. The van der Waals surface area contributed by atoms with Crippen molar-refractivity contribution in [1.82, 2.24) is 0 Å². The second kappa shape index (κ2) is 28.4. The molecule has 0 unspecified atom stereocenters. The maximum absolute atomic E-state index is 12.0. The Morgan fingerprint density at radius 1 is 0.126 bits per heavy atom. The minimum absolute atomic E-state index is 0.698. The predicted octanol–water partition coefficient (Wildman–Crippen LogP) is 4.50. The fraction of sp³-hybridized carbons (Fsp3) is 0. The van der Waals surface area contributed by atoms with Gasteiger partial charge in [0.2, 0.25) is 0 Å². The molecule has 0 aliphatic heterocycles. The molecule has 0 atom stereocenters. The Morgan fingerprint density at radius 3 is 0.264 bits per heavy atom. The number of rotatable bonds is 18. The number of benzene rings is 12. The zero-order valence-corrected chi connectivity index (χ0v) is 53.5. The lowest BCUT2D eigenvalue weighted by Crippen LogP contribution is -2.73. The van der Waals surface area contributed by atoms with Crippen LogP contribution in [0, 0.1) is 0 Å². The molecule has 0 saturated heterocycles. The van der Waals surface area contributed by atoms with Crippen LogP contribution < -0.4 is 62.2 Å². The molecule has 0 amide bonds. The first kappa shape index (κ1) is 61.7. The minimum Gasteiger partial charge on any atom is -0.404 e. The summed E-state index contributed by atoms with van der Waals surface area (Å²) >= 11 is 0. The number of hydrogen-bond acceptors (Lipinski definition) is 9. The highest BCUT2D eigenvalue weighted by Gasteiger charge is 2.53. The van der Waals surface area contributed by atoms with Crippen LogP contribution in [0.15, 0.2) is 364 Å². The molecule has 0 heterocycles. The van der Waals surface area contributed by atoms with Gasteiger partial charge in [-0.1, -0.05) is 364 Å². The first-order valence-electron chi connectivity index (χ1n) is 28.5. The topological polar surface area (TPSA) is 149 Å². The standard InChI is InChI=1S/3C24H22O3Si2/c3*25-28(21-13-5-1-6-14-21,22-15-7-2-8-16-22)27-29(26,23-17-9-3-10-18-23)24-19-11-4-12-20-24/h3*1-20,25-26H. The van der Waals surface area contributed by atoms with Crippen molar-refractivity contribution in [2.75, 3.05) is 0 Å². The summed E-state index contributed by atoms with van der Waals surface area (Å²) in [6.45, 7) is 0. The van der Waals surface area contributed by atoms with Gasteiger partial charge in [-0.15, -0.1) is 0 Å². The van der Waals surface area contributed by atoms with Crippen LogP contribution in [-0.4, -0.2) is 80.1 Å². The quantitative estimate of drug-likeness (QED) is 0.0684. The molecule has 0 saturated carbocycles. The van der Waals surface area contributed by atoms with Crippen LogP contribution in [0.2, 0.25) is 0 Å². The highest BCUT2D eigenvalue weighted by molar-refractivity contribution is 7.05. The van der Waals surface area contributed by atoms with Crippen LogP contribution in [0.1, 0.15) is 0 Å². The lowest BCUT2D eigenvalue weighted by Gasteiger charge is -2.35. The van der Waals surface area contributed by atoms with Gasteiger partial charge in [0.25, 0.3) is 0 Å². The maximum atomic E-state index is 12.0. The van der Waals surface area contributed by atoms with Crippen molar-refractivity contribution in [3.63, 3.8) is 0 Å². The normalized spacial score (nSPS) is 11.9. The van der Waals surface area contributed by atoms with E-state index >= 15 is 0 Å². The zero-order chi connectivity index (χ0) is 60.5. The summed E-state index contributed by atoms with van der Waals surface area (Å²) in [7, 11) is -22.1. The Morgan fingerprint density at radius 2 is 0.195 bits per heavy atom. The molecule has 12 rings (SSSR count). The Balaban J connectivity index is 0.000000144. The smallest absolute Gasteiger partial charge is 0.396 e. The first-order chi connectivity index (χ1) is 42.4. The lowest BCUT2D eigenvalue weighted by molar-refractivity contribution is 0.345. The van der Waals surface area contributed by atoms with Crippen LogP contribution in [0.4, 0.5) is 0 Å². The Labute approximate surface area is 515 Å². The predicted molar refractivity (Wildman–Crippen MR) is 364 cm³/mol. The van der Waals surface area contributed by atoms with Crippen molar-refractivity contribution >= 4 is 114 Å². The van der Waals surface area contributed by atoms with E-state index in [0.717, 1.165) is 0 Å². The second-order valence-electron chi connectivity index (χ2n) is 20.6. The fourth-order valence-electron chi connectivity index (χ4n) is 10.3. The third-order valence-corrected chi connectivity index (χ3v) is 35.3. The van der Waals surface area contributed by atoms with Crippen molar-refractivity contribution in [3.05, 3.63) is 364 Å². The summed E-state index contributed by atoms with van der Waals surface area (Å²) < 4.78 is 19.7. The number of hydrogen-bond donors (Lipinski definition) is 6. The van der Waals surface area contributed by atoms with Crippen molar-refractivity contribution in [2.24, 2.45) is 0 Å². The molecule has 432 valence electrons. The fourth-order valence-corrected chi connectivity index (χ4v) is 30.8. The average molecular weight is 1240 g/mol. The first-order valence-corrected chi connectivity index (χ1v) is 39.6. The van der Waals surface area contributed by atoms with E-state index in [4.69, 9.17) is 12.3 Å². The molecule has 0 fully saturated rings. The van der Waals surface area contributed by atoms with Crippen molar-refractivity contribution < 1.29 is 41.1 Å². The Hall–Kier alpha value is -8.42. The maximum Gasteiger partial charge on any atom is 0.396 e. The molecular formula is C72H66O9Si6. The van der Waals surface area contributed by atoms with Crippen LogP contribution in [0.25, 0.3) is 0 Å². The van der Waals surface area contributed by atoms with Crippen molar-refractivity contribution in [1.29, 1.82) is 0 Å². The van der Waals surface area contributed by atoms with Gasteiger partial charge < -0.3 is 41.1 Å². The summed E-state index contributed by atoms with van der Waals surface area (Å²) in [6, 6.07) is 113. The minimum atomic E-state index is -3.69. The van der Waals surface area contributed by atoms with E-state index < -0.39 is 51.4 Å². The Bertz CT molecular complexity index is 3050. The summed E-state index contributed by atoms with van der Waals surface area (Å²) in [4.78, 5) is 72.0. The van der Waals surface area contributed by atoms with E-state index in [9.17, 15) is 28.8 Å². The molecule has 9 nitrogen and oxygen atoms in total. The Kier molecular flexibility index (Phi) is 20.1. The van der Waals surface area contributed by atoms with E-state index in [1.165, 1.54) is 0 Å². The van der Waals surface area contributed by atoms with Gasteiger partial charge >= 0.3 is 51.4 Å². The van der Waals surface area contributed by atoms with Gasteiger partial charge in [-0.2, -0.15) is 0 Å². The van der Waals surface area contributed by atoms with Gasteiger partial charge in [0.15, 0.2) is 0 Å². The van der Waals surface area contributed by atoms with Crippen molar-refractivity contribution in [2.45, 2.75) is 0 Å². The molecule has 6 N–H and O–H groups in total. The molecule has 12 aromatic rings. The van der Waals surface area contributed by atoms with Crippen LogP contribution in [0.5, 0.6) is 0 Å². The molecule has 0 aliphatic carbocycles. The monoisotopic (exact) mass is 1240 g/mol. The molecule has 87 heavy (non-hydrogen) atoms. The van der Waals surface area contributed by atoms with Crippen LogP contribution >= 0.6 is 0 Å². The summed E-state index contributed by atoms with van der Waals surface area (Å²) in [5.74, 6) is 0. The zero-order valence-electron chi connectivity index (χ0n) is 47.5. The van der Waals surface area contributed by atoms with Gasteiger partial charge in [-0.05, 0) is 62.2 Å². The second-order valence-corrected chi connectivity index (χ2v) is 37.7. The molecule has 0 aromatic heterocycles. The molecular weight excluding hydrogens is 1180 g/mol. The molecule has 0 spiro atoms. The summed E-state index contributed by atoms with van der Waals surface area (Å²) in [6.07, 6.45) is 0. The van der Waals surface area contributed by atoms with E-state index in [2.05, 4.69) is 0 Å². The van der Waals surface area contributed by atoms with Crippen LogP contribution in [0.3, 0.4) is 0 Å². The third kappa shape index (κ3) is 14.1. The lowest BCUT2D eigenvalue weighted by atomic mass is 10.4. The molecule has 0 aliphatic rings. The van der Waals surface area contributed by atoms with Gasteiger partial charge in [-0.3, -0.25) is 0 Å². The summed E-state index contributed by atoms with van der Waals surface area (Å²) in [5.41, 5.74) is 0. The van der Waals surface area contributed by atoms with E-state index in [0.29, 0.717) is 62.2 Å². The highest BCUT2D eigenvalue weighted by atomic mass is 28.5. The largest absolute Gasteiger partial charge is 0.404 e. The van der Waals surface area contributed by atoms with E-state index in [1.54, 1.807) is 0 Å². The highest BCUT2D eigenvalue weighted by Crippen LogP contribution is 2.17. The molecule has 15 heteroatoms. The van der Waals surface area contributed by atoms with Gasteiger partial charge in [0.1, 0.15) is 0 Å². The van der Waals surface area contributed by atoms with E-state index in [-0.39, 0.29) is 0 Å². The SMILES string of the molecule is O[Si](O[Si](O)(c1ccccc1)c1ccccc1)(c1ccccc1)c1ccccc1.O[Si](O[Si](O)(c1ccccc1)c1ccccc1)(c1ccccc1)c1ccccc1.O[Si](O[Si](O)(c1ccccc1)c1ccccc1)(c1ccccc1)c1ccccc1. The molecule has 0 radical (unpaired) electrons. The van der Waals surface area contributed by atoms with Crippen LogP contribution in [-0.2, 0) is 12.3 Å². The van der Waals surface area contributed by atoms with Gasteiger partial charge in [-0.25, -0.2) is 0 Å². The third-order valence-electron chi connectivity index (χ3n) is 14.9. The van der Waals surface area contributed by atoms with Crippen molar-refractivity contribution in [3.8, 4) is 0 Å².